The third-order valence-corrected chi connectivity index (χ3v) is 7.46. The van der Waals surface area contributed by atoms with E-state index in [-0.39, 0.29) is 17.2 Å². The Hall–Kier alpha value is -2.38. The van der Waals surface area contributed by atoms with Crippen LogP contribution in [0.4, 0.5) is 10.7 Å². The molecule has 0 aliphatic heterocycles. The highest BCUT2D eigenvalue weighted by Gasteiger charge is 2.34. The first-order valence-electron chi connectivity index (χ1n) is 11.8. The molecule has 1 aromatic heterocycles. The maximum absolute atomic E-state index is 13.4. The number of methoxy groups -OCH3 is 1. The van der Waals surface area contributed by atoms with Crippen LogP contribution >= 0.6 is 11.3 Å². The van der Waals surface area contributed by atoms with Gasteiger partial charge in [0.25, 0.3) is 11.8 Å². The Morgan fingerprint density at radius 1 is 1.18 bits per heavy atom. The molecule has 1 aromatic carbocycles. The predicted octanol–water partition coefficient (Wildman–Crippen LogP) is 4.32. The van der Waals surface area contributed by atoms with E-state index in [0.717, 1.165) is 37.1 Å². The number of ether oxygens (including phenoxy) is 1. The number of quaternary nitrogens is 1. The fourth-order valence-electron chi connectivity index (χ4n) is 4.25. The first-order valence-corrected chi connectivity index (χ1v) is 12.6. The van der Waals surface area contributed by atoms with Gasteiger partial charge in [0.1, 0.15) is 10.8 Å². The van der Waals surface area contributed by atoms with Crippen molar-refractivity contribution in [1.82, 2.24) is 0 Å². The molecule has 7 heteroatoms. The number of hydrogen-bond donors (Lipinski definition) is 3. The van der Waals surface area contributed by atoms with Gasteiger partial charge < -0.3 is 20.7 Å². The van der Waals surface area contributed by atoms with Crippen LogP contribution in [0.2, 0.25) is 0 Å². The summed E-state index contributed by atoms with van der Waals surface area (Å²) < 4.78 is 5.21. The fourth-order valence-corrected chi connectivity index (χ4v) is 5.59. The fraction of sp³-hybridized carbons (Fsp3) is 0.538. The monoisotopic (exact) mass is 472 g/mol. The number of thiophene rings is 1. The van der Waals surface area contributed by atoms with E-state index in [4.69, 9.17) is 4.74 Å². The van der Waals surface area contributed by atoms with Crippen molar-refractivity contribution in [2.75, 3.05) is 30.8 Å². The Labute approximate surface area is 201 Å². The molecule has 0 spiro atoms. The summed E-state index contributed by atoms with van der Waals surface area (Å²) in [5.41, 5.74) is 2.62. The van der Waals surface area contributed by atoms with E-state index in [1.54, 1.807) is 18.4 Å². The van der Waals surface area contributed by atoms with E-state index in [1.807, 2.05) is 29.6 Å². The van der Waals surface area contributed by atoms with Crippen LogP contribution in [0.3, 0.4) is 0 Å². The Morgan fingerprint density at radius 3 is 2.48 bits per heavy atom. The van der Waals surface area contributed by atoms with Crippen molar-refractivity contribution in [1.29, 1.82) is 0 Å². The van der Waals surface area contributed by atoms with Crippen LogP contribution in [-0.4, -0.2) is 32.0 Å². The average molecular weight is 473 g/mol. The van der Waals surface area contributed by atoms with Crippen molar-refractivity contribution >= 4 is 33.8 Å². The van der Waals surface area contributed by atoms with Crippen LogP contribution in [0.25, 0.3) is 0 Å². The van der Waals surface area contributed by atoms with Crippen LogP contribution in [0.15, 0.2) is 24.3 Å². The molecule has 1 atom stereocenters. The molecule has 180 valence electrons. The van der Waals surface area contributed by atoms with E-state index in [0.29, 0.717) is 34.6 Å². The highest BCUT2D eigenvalue weighted by atomic mass is 32.1. The highest BCUT2D eigenvalue weighted by molar-refractivity contribution is 7.17. The summed E-state index contributed by atoms with van der Waals surface area (Å²) >= 11 is 1.57. The summed E-state index contributed by atoms with van der Waals surface area (Å²) in [5.74, 6) is 1.57. The molecule has 2 aromatic rings. The van der Waals surface area contributed by atoms with Gasteiger partial charge in [-0.3, -0.25) is 9.59 Å². The minimum atomic E-state index is -0.173. The molecule has 0 unspecified atom stereocenters. The molecule has 1 aliphatic rings. The zero-order chi connectivity index (χ0) is 24.2. The summed E-state index contributed by atoms with van der Waals surface area (Å²) in [4.78, 5) is 27.3. The maximum atomic E-state index is 13.4. The smallest absolute Gasteiger partial charge is 0.280 e. The summed E-state index contributed by atoms with van der Waals surface area (Å²) in [6, 6.07) is 7.29. The molecule has 0 saturated heterocycles. The topological polar surface area (TPSA) is 84.0 Å². The summed E-state index contributed by atoms with van der Waals surface area (Å²) in [5, 5.41) is 8.74. The van der Waals surface area contributed by atoms with E-state index in [1.165, 1.54) is 4.88 Å². The molecule has 3 rings (SSSR count). The molecule has 2 amide bonds. The van der Waals surface area contributed by atoms with E-state index in [9.17, 15) is 9.59 Å². The third-order valence-electron chi connectivity index (χ3n) is 6.29. The second-order valence-electron chi connectivity index (χ2n) is 10.4. The van der Waals surface area contributed by atoms with E-state index >= 15 is 0 Å². The Morgan fingerprint density at radius 2 is 1.88 bits per heavy atom. The van der Waals surface area contributed by atoms with Gasteiger partial charge in [0, 0.05) is 16.5 Å². The van der Waals surface area contributed by atoms with Crippen molar-refractivity contribution in [3.05, 3.63) is 40.3 Å². The lowest BCUT2D eigenvalue weighted by Crippen LogP contribution is -2.87. The molecule has 1 heterocycles. The van der Waals surface area contributed by atoms with Crippen molar-refractivity contribution in [3.8, 4) is 5.75 Å². The normalized spacial score (nSPS) is 15.8. The predicted molar refractivity (Wildman–Crippen MR) is 135 cm³/mol. The number of hydrogen-bond acceptors (Lipinski definition) is 4. The molecule has 0 radical (unpaired) electrons. The molecule has 0 bridgehead atoms. The SMILES string of the molecule is COc1ccc(NC(=O)c2c(NC(=O)C[NH2+]CC(C)C)sc3c2CC[C@H](C(C)(C)C)C3)cc1. The standard InChI is InChI=1S/C26H37N3O3S/c1-16(2)14-27-15-22(30)29-25-23(24(31)28-18-8-10-19(32-6)11-9-18)20-12-7-17(26(3,4)5)13-21(20)33-25/h8-11,16-17,27H,7,12-15H2,1-6H3,(H,28,31)(H,29,30)/p+1/t17-/m0/s1. The van der Waals surface area contributed by atoms with Crippen LogP contribution in [0, 0.1) is 17.3 Å². The number of benzene rings is 1. The minimum Gasteiger partial charge on any atom is -0.497 e. The van der Waals surface area contributed by atoms with Crippen LogP contribution in [0.1, 0.15) is 61.8 Å². The second kappa shape index (κ2) is 10.7. The van der Waals surface area contributed by atoms with Gasteiger partial charge in [0.2, 0.25) is 0 Å². The number of carbonyl (C=O) groups excluding carboxylic acids is 2. The highest BCUT2D eigenvalue weighted by Crippen LogP contribution is 2.44. The first-order chi connectivity index (χ1) is 15.6. The quantitative estimate of drug-likeness (QED) is 0.535. The molecular weight excluding hydrogens is 434 g/mol. The van der Waals surface area contributed by atoms with Gasteiger partial charge in [0.15, 0.2) is 6.54 Å². The van der Waals surface area contributed by atoms with Gasteiger partial charge in [-0.05, 0) is 60.4 Å². The molecule has 33 heavy (non-hydrogen) atoms. The van der Waals surface area contributed by atoms with E-state index in [2.05, 4.69) is 45.3 Å². The zero-order valence-corrected chi connectivity index (χ0v) is 21.5. The van der Waals surface area contributed by atoms with E-state index < -0.39 is 0 Å². The lowest BCUT2D eigenvalue weighted by molar-refractivity contribution is -0.648. The van der Waals surface area contributed by atoms with Gasteiger partial charge >= 0.3 is 0 Å². The van der Waals surface area contributed by atoms with Gasteiger partial charge in [-0.25, -0.2) is 0 Å². The van der Waals surface area contributed by atoms with Crippen molar-refractivity contribution in [3.63, 3.8) is 0 Å². The molecule has 6 nitrogen and oxygen atoms in total. The summed E-state index contributed by atoms with van der Waals surface area (Å²) in [6.45, 7) is 12.4. The van der Waals surface area contributed by atoms with Crippen LogP contribution < -0.4 is 20.7 Å². The number of rotatable bonds is 8. The largest absolute Gasteiger partial charge is 0.497 e. The number of fused-ring (bicyclic) bond motifs is 1. The minimum absolute atomic E-state index is 0.0693. The Kier molecular flexibility index (Phi) is 8.19. The number of nitrogens with one attached hydrogen (secondary N) is 2. The van der Waals surface area contributed by atoms with Crippen molar-refractivity contribution < 1.29 is 19.6 Å². The molecule has 0 saturated carbocycles. The molecule has 0 fully saturated rings. The van der Waals surface area contributed by atoms with Gasteiger partial charge in [-0.1, -0.05) is 34.6 Å². The lowest BCUT2D eigenvalue weighted by Gasteiger charge is -2.33. The first kappa shape index (κ1) is 25.2. The average Bonchev–Trinajstić information content (AvgIpc) is 3.10. The number of anilines is 2. The third kappa shape index (κ3) is 6.58. The Balaban J connectivity index is 1.85. The second-order valence-corrected chi connectivity index (χ2v) is 11.5. The molecular formula is C26H38N3O3S+. The number of nitrogens with two attached hydrogens (primary N) is 1. The van der Waals surface area contributed by atoms with Gasteiger partial charge in [-0.15, -0.1) is 11.3 Å². The van der Waals surface area contributed by atoms with Crippen LogP contribution in [0.5, 0.6) is 5.75 Å². The number of carbonyl (C=O) groups is 2. The Bertz CT molecular complexity index is 974. The molecule has 4 N–H and O–H groups in total. The number of amides is 2. The molecule has 1 aliphatic carbocycles. The zero-order valence-electron chi connectivity index (χ0n) is 20.7. The summed E-state index contributed by atoms with van der Waals surface area (Å²) in [7, 11) is 1.61. The van der Waals surface area contributed by atoms with Crippen molar-refractivity contribution in [2.45, 2.75) is 53.9 Å². The maximum Gasteiger partial charge on any atom is 0.280 e. The summed E-state index contributed by atoms with van der Waals surface area (Å²) in [6.07, 6.45) is 2.85. The van der Waals surface area contributed by atoms with Gasteiger partial charge in [-0.2, -0.15) is 0 Å². The van der Waals surface area contributed by atoms with Gasteiger partial charge in [0.05, 0.1) is 19.2 Å². The lowest BCUT2D eigenvalue weighted by atomic mass is 9.72. The van der Waals surface area contributed by atoms with Crippen molar-refractivity contribution in [2.24, 2.45) is 17.3 Å². The van der Waals surface area contributed by atoms with Crippen LogP contribution in [-0.2, 0) is 17.6 Å².